The second-order valence-corrected chi connectivity index (χ2v) is 4.07. The number of thiazole rings is 1. The Morgan fingerprint density at radius 2 is 2.11 bits per heavy atom. The van der Waals surface area contributed by atoms with Crippen molar-refractivity contribution in [2.24, 2.45) is 0 Å². The Hall–Kier alpha value is -2.22. The number of nitro benzene ring substituents is 1. The number of aromatic nitrogens is 1. The molecule has 18 heavy (non-hydrogen) atoms. The first kappa shape index (κ1) is 12.2. The summed E-state index contributed by atoms with van der Waals surface area (Å²) in [5.74, 6) is -2.27. The van der Waals surface area contributed by atoms with Crippen molar-refractivity contribution < 1.29 is 18.5 Å². The molecule has 92 valence electrons. The molecule has 8 heteroatoms. The number of halogens is 2. The second-order valence-electron chi connectivity index (χ2n) is 3.21. The lowest BCUT2D eigenvalue weighted by molar-refractivity contribution is -0.387. The molecule has 2 rings (SSSR count). The number of nitro groups is 1. The highest BCUT2D eigenvalue weighted by Crippen LogP contribution is 2.33. The van der Waals surface area contributed by atoms with Gasteiger partial charge < -0.3 is 0 Å². The maximum atomic E-state index is 13.8. The number of aldehydes is 1. The molecule has 0 bridgehead atoms. The summed E-state index contributed by atoms with van der Waals surface area (Å²) in [6.45, 7) is 0. The van der Waals surface area contributed by atoms with Crippen LogP contribution < -0.4 is 0 Å². The molecule has 0 spiro atoms. The molecule has 0 aliphatic heterocycles. The molecule has 2 aromatic rings. The molecular formula is C10H4F2N2O3S. The molecule has 1 heterocycles. The van der Waals surface area contributed by atoms with E-state index in [0.717, 1.165) is 23.5 Å². The zero-order valence-electron chi connectivity index (χ0n) is 8.59. The first-order valence-corrected chi connectivity index (χ1v) is 5.46. The molecule has 1 aromatic carbocycles. The van der Waals surface area contributed by atoms with E-state index in [-0.39, 0.29) is 10.7 Å². The van der Waals surface area contributed by atoms with Gasteiger partial charge in [-0.1, -0.05) is 0 Å². The minimum absolute atomic E-state index is 0.0142. The summed E-state index contributed by atoms with van der Waals surface area (Å²) in [4.78, 5) is 23.7. The fourth-order valence-electron chi connectivity index (χ4n) is 1.33. The topological polar surface area (TPSA) is 73.1 Å². The van der Waals surface area contributed by atoms with Crippen LogP contribution in [0.2, 0.25) is 0 Å². The Morgan fingerprint density at radius 1 is 1.39 bits per heavy atom. The fourth-order valence-corrected chi connectivity index (χ4v) is 2.14. The summed E-state index contributed by atoms with van der Waals surface area (Å²) in [7, 11) is 0. The third-order valence-corrected chi connectivity index (χ3v) is 3.00. The normalized spacial score (nSPS) is 10.3. The van der Waals surface area contributed by atoms with Gasteiger partial charge >= 0.3 is 5.69 Å². The molecule has 0 radical (unpaired) electrons. The lowest BCUT2D eigenvalue weighted by Crippen LogP contribution is -1.97. The van der Waals surface area contributed by atoms with E-state index in [2.05, 4.69) is 4.98 Å². The Balaban J connectivity index is 2.65. The summed E-state index contributed by atoms with van der Waals surface area (Å²) in [5.41, 5.74) is -1.42. The molecule has 0 aliphatic carbocycles. The third-order valence-electron chi connectivity index (χ3n) is 2.12. The summed E-state index contributed by atoms with van der Waals surface area (Å²) in [6, 6.07) is 1.53. The molecule has 0 N–H and O–H groups in total. The molecule has 0 atom stereocenters. The van der Waals surface area contributed by atoms with Gasteiger partial charge in [0.1, 0.15) is 16.5 Å². The zero-order valence-corrected chi connectivity index (χ0v) is 9.41. The first-order valence-electron chi connectivity index (χ1n) is 4.58. The van der Waals surface area contributed by atoms with E-state index >= 15 is 0 Å². The van der Waals surface area contributed by atoms with Crippen LogP contribution in [0.15, 0.2) is 17.5 Å². The van der Waals surface area contributed by atoms with Gasteiger partial charge in [-0.05, 0) is 6.07 Å². The van der Waals surface area contributed by atoms with Gasteiger partial charge in [0.2, 0.25) is 5.82 Å². The van der Waals surface area contributed by atoms with Crippen molar-refractivity contribution in [2.45, 2.75) is 0 Å². The predicted molar refractivity (Wildman–Crippen MR) is 59.5 cm³/mol. The SMILES string of the molecule is O=Cc1csc(-c2c(F)ccc([N+](=O)[O-])c2F)n1. The minimum atomic E-state index is -1.30. The maximum Gasteiger partial charge on any atom is 0.305 e. The molecule has 1 aromatic heterocycles. The average molecular weight is 270 g/mol. The smallest absolute Gasteiger partial charge is 0.296 e. The first-order chi connectivity index (χ1) is 8.54. The van der Waals surface area contributed by atoms with E-state index in [4.69, 9.17) is 0 Å². The van der Waals surface area contributed by atoms with E-state index in [1.807, 2.05) is 0 Å². The van der Waals surface area contributed by atoms with Crippen LogP contribution in [0.3, 0.4) is 0 Å². The highest BCUT2D eigenvalue weighted by molar-refractivity contribution is 7.13. The van der Waals surface area contributed by atoms with Crippen molar-refractivity contribution in [2.75, 3.05) is 0 Å². The lowest BCUT2D eigenvalue weighted by Gasteiger charge is -2.01. The van der Waals surface area contributed by atoms with E-state index in [9.17, 15) is 23.7 Å². The Bertz CT molecular complexity index is 642. The number of hydrogen-bond donors (Lipinski definition) is 0. The van der Waals surface area contributed by atoms with Gasteiger partial charge in [-0.2, -0.15) is 4.39 Å². The van der Waals surface area contributed by atoms with Gasteiger partial charge in [-0.25, -0.2) is 9.37 Å². The van der Waals surface area contributed by atoms with Gasteiger partial charge in [0, 0.05) is 11.4 Å². The number of carbonyl (C=O) groups excluding carboxylic acids is 1. The number of nitrogens with zero attached hydrogens (tertiary/aromatic N) is 2. The second kappa shape index (κ2) is 4.57. The Morgan fingerprint density at radius 3 is 2.67 bits per heavy atom. The number of hydrogen-bond acceptors (Lipinski definition) is 5. The van der Waals surface area contributed by atoms with Crippen molar-refractivity contribution in [1.29, 1.82) is 0 Å². The average Bonchev–Trinajstić information content (AvgIpc) is 2.77. The number of rotatable bonds is 3. The van der Waals surface area contributed by atoms with Crippen LogP contribution >= 0.6 is 11.3 Å². The highest BCUT2D eigenvalue weighted by atomic mass is 32.1. The van der Waals surface area contributed by atoms with Gasteiger partial charge in [0.15, 0.2) is 6.29 Å². The standard InChI is InChI=1S/C10H4F2N2O3S/c11-6-1-2-7(14(16)17)9(12)8(6)10-13-5(3-15)4-18-10/h1-4H. The third kappa shape index (κ3) is 1.97. The monoisotopic (exact) mass is 270 g/mol. The summed E-state index contributed by atoms with van der Waals surface area (Å²) >= 11 is 0.831. The van der Waals surface area contributed by atoms with Crippen LogP contribution in [0.5, 0.6) is 0 Å². The molecule has 0 unspecified atom stereocenters. The molecule has 5 nitrogen and oxygen atoms in total. The van der Waals surface area contributed by atoms with Gasteiger partial charge in [0.05, 0.1) is 10.5 Å². The molecule has 0 fully saturated rings. The molecule has 0 saturated heterocycles. The largest absolute Gasteiger partial charge is 0.305 e. The van der Waals surface area contributed by atoms with Crippen molar-refractivity contribution in [3.8, 4) is 10.6 Å². The summed E-state index contributed by atoms with van der Waals surface area (Å²) < 4.78 is 27.3. The molecule has 0 aliphatic rings. The van der Waals surface area contributed by atoms with Crippen LogP contribution in [0, 0.1) is 21.7 Å². The van der Waals surface area contributed by atoms with Gasteiger partial charge in [-0.3, -0.25) is 14.9 Å². The van der Waals surface area contributed by atoms with Crippen LogP contribution in [-0.2, 0) is 0 Å². The quantitative estimate of drug-likeness (QED) is 0.488. The van der Waals surface area contributed by atoms with Crippen LogP contribution in [0.25, 0.3) is 10.6 Å². The van der Waals surface area contributed by atoms with Crippen LogP contribution in [-0.4, -0.2) is 16.2 Å². The van der Waals surface area contributed by atoms with E-state index < -0.39 is 27.8 Å². The van der Waals surface area contributed by atoms with E-state index in [0.29, 0.717) is 6.29 Å². The minimum Gasteiger partial charge on any atom is -0.296 e. The van der Waals surface area contributed by atoms with Gasteiger partial charge in [0.25, 0.3) is 0 Å². The zero-order chi connectivity index (χ0) is 13.3. The molecular weight excluding hydrogens is 266 g/mol. The lowest BCUT2D eigenvalue weighted by atomic mass is 10.2. The van der Waals surface area contributed by atoms with Crippen LogP contribution in [0.1, 0.15) is 10.5 Å². The highest BCUT2D eigenvalue weighted by Gasteiger charge is 2.24. The van der Waals surface area contributed by atoms with Crippen molar-refractivity contribution in [3.63, 3.8) is 0 Å². The summed E-state index contributed by atoms with van der Waals surface area (Å²) in [6.07, 6.45) is 0.424. The molecule has 0 amide bonds. The molecule has 0 saturated carbocycles. The van der Waals surface area contributed by atoms with E-state index in [1.54, 1.807) is 0 Å². The maximum absolute atomic E-state index is 13.8. The fraction of sp³-hybridized carbons (Fsp3) is 0. The predicted octanol–water partition coefficient (Wildman–Crippen LogP) is 2.81. The van der Waals surface area contributed by atoms with E-state index in [1.165, 1.54) is 5.38 Å². The van der Waals surface area contributed by atoms with Gasteiger partial charge in [-0.15, -0.1) is 11.3 Å². The van der Waals surface area contributed by atoms with Crippen LogP contribution in [0.4, 0.5) is 14.5 Å². The Labute approximate surface area is 103 Å². The summed E-state index contributed by atoms with van der Waals surface area (Å²) in [5, 5.41) is 11.7. The van der Waals surface area contributed by atoms with Crippen molar-refractivity contribution in [1.82, 2.24) is 4.98 Å². The Kier molecular flexibility index (Phi) is 3.11. The van der Waals surface area contributed by atoms with Crippen molar-refractivity contribution >= 4 is 23.3 Å². The number of carbonyl (C=O) groups is 1. The number of benzene rings is 1. The van der Waals surface area contributed by atoms with Crippen molar-refractivity contribution in [3.05, 3.63) is 45.0 Å².